The van der Waals surface area contributed by atoms with Gasteiger partial charge in [-0.2, -0.15) is 5.10 Å². The molecule has 0 saturated heterocycles. The van der Waals surface area contributed by atoms with Crippen molar-refractivity contribution < 1.29 is 4.39 Å². The second-order valence-corrected chi connectivity index (χ2v) is 3.10. The van der Waals surface area contributed by atoms with Crippen molar-refractivity contribution in [2.24, 2.45) is 0 Å². The molecule has 4 heteroatoms. The molecule has 2 rings (SSSR count). The number of nitrogen functional groups attached to an aromatic ring is 1. The number of hydrogen-bond acceptors (Lipinski definition) is 2. The van der Waals surface area contributed by atoms with Gasteiger partial charge in [0, 0.05) is 5.56 Å². The summed E-state index contributed by atoms with van der Waals surface area (Å²) in [4.78, 5) is 0. The molecule has 14 heavy (non-hydrogen) atoms. The van der Waals surface area contributed by atoms with Crippen molar-refractivity contribution in [3.8, 4) is 5.69 Å². The molecular weight excluding hydrogens is 181 g/mol. The van der Waals surface area contributed by atoms with E-state index in [1.54, 1.807) is 23.0 Å². The minimum absolute atomic E-state index is 0.267. The number of anilines is 1. The second kappa shape index (κ2) is 3.14. The fraction of sp³-hybridized carbons (Fsp3) is 0.100. The number of aromatic nitrogens is 2. The molecule has 1 aromatic carbocycles. The summed E-state index contributed by atoms with van der Waals surface area (Å²) in [5.74, 6) is 0.313. The molecule has 1 aromatic heterocycles. The first-order valence-electron chi connectivity index (χ1n) is 4.24. The van der Waals surface area contributed by atoms with Crippen molar-refractivity contribution in [3.05, 3.63) is 41.8 Å². The lowest BCUT2D eigenvalue weighted by Gasteiger charge is -2.03. The van der Waals surface area contributed by atoms with E-state index < -0.39 is 0 Å². The Hall–Kier alpha value is -1.84. The average molecular weight is 191 g/mol. The fourth-order valence-corrected chi connectivity index (χ4v) is 1.23. The zero-order chi connectivity index (χ0) is 10.1. The molecule has 0 aliphatic rings. The largest absolute Gasteiger partial charge is 0.383 e. The first-order chi connectivity index (χ1) is 6.68. The molecular formula is C10H10FN3. The molecule has 3 nitrogen and oxygen atoms in total. The van der Waals surface area contributed by atoms with Crippen LogP contribution in [0.1, 0.15) is 5.56 Å². The number of benzene rings is 1. The zero-order valence-corrected chi connectivity index (χ0v) is 7.74. The van der Waals surface area contributed by atoms with Gasteiger partial charge in [0.2, 0.25) is 0 Å². The van der Waals surface area contributed by atoms with E-state index in [-0.39, 0.29) is 5.82 Å². The standard InChI is InChI=1S/C10H10FN3/c1-7-6-13-14(10(7)12)9-4-2-8(11)3-5-9/h2-6H,12H2,1H3. The van der Waals surface area contributed by atoms with Crippen LogP contribution in [-0.4, -0.2) is 9.78 Å². The highest BCUT2D eigenvalue weighted by Gasteiger charge is 2.04. The summed E-state index contributed by atoms with van der Waals surface area (Å²) in [7, 11) is 0. The number of nitrogens with two attached hydrogens (primary N) is 1. The van der Waals surface area contributed by atoms with Crippen molar-refractivity contribution >= 4 is 5.82 Å². The third-order valence-electron chi connectivity index (χ3n) is 2.07. The molecule has 0 atom stereocenters. The molecule has 2 N–H and O–H groups in total. The van der Waals surface area contributed by atoms with Gasteiger partial charge < -0.3 is 5.73 Å². The van der Waals surface area contributed by atoms with Crippen molar-refractivity contribution in [3.63, 3.8) is 0 Å². The first kappa shape index (κ1) is 8.74. The lowest BCUT2D eigenvalue weighted by atomic mass is 10.3. The maximum absolute atomic E-state index is 12.6. The molecule has 0 bridgehead atoms. The van der Waals surface area contributed by atoms with Crippen LogP contribution in [0.25, 0.3) is 5.69 Å². The van der Waals surface area contributed by atoms with Crippen LogP contribution in [0.5, 0.6) is 0 Å². The van der Waals surface area contributed by atoms with E-state index in [0.717, 1.165) is 11.3 Å². The molecule has 0 radical (unpaired) electrons. The van der Waals surface area contributed by atoms with Crippen LogP contribution in [0.3, 0.4) is 0 Å². The molecule has 0 amide bonds. The van der Waals surface area contributed by atoms with Crippen molar-refractivity contribution in [2.75, 3.05) is 5.73 Å². The van der Waals surface area contributed by atoms with E-state index in [4.69, 9.17) is 5.73 Å². The summed E-state index contributed by atoms with van der Waals surface area (Å²) in [6, 6.07) is 6.04. The highest BCUT2D eigenvalue weighted by atomic mass is 19.1. The van der Waals surface area contributed by atoms with Gasteiger partial charge >= 0.3 is 0 Å². The maximum Gasteiger partial charge on any atom is 0.130 e. The number of rotatable bonds is 1. The van der Waals surface area contributed by atoms with E-state index in [0.29, 0.717) is 5.82 Å². The third kappa shape index (κ3) is 1.35. The minimum Gasteiger partial charge on any atom is -0.383 e. The van der Waals surface area contributed by atoms with E-state index in [2.05, 4.69) is 5.10 Å². The molecule has 1 heterocycles. The maximum atomic E-state index is 12.6. The predicted molar refractivity (Wildman–Crippen MR) is 52.7 cm³/mol. The zero-order valence-electron chi connectivity index (χ0n) is 7.74. The van der Waals surface area contributed by atoms with Gasteiger partial charge in [-0.25, -0.2) is 9.07 Å². The first-order valence-corrected chi connectivity index (χ1v) is 4.24. The van der Waals surface area contributed by atoms with Crippen LogP contribution in [0, 0.1) is 12.7 Å². The van der Waals surface area contributed by atoms with Gasteiger partial charge in [0.15, 0.2) is 0 Å². The fourth-order valence-electron chi connectivity index (χ4n) is 1.23. The average Bonchev–Trinajstić information content (AvgIpc) is 2.50. The summed E-state index contributed by atoms with van der Waals surface area (Å²) in [5.41, 5.74) is 7.45. The predicted octanol–water partition coefficient (Wildman–Crippen LogP) is 1.90. The second-order valence-electron chi connectivity index (χ2n) is 3.10. The SMILES string of the molecule is Cc1cnn(-c2ccc(F)cc2)c1N. The monoisotopic (exact) mass is 191 g/mol. The van der Waals surface area contributed by atoms with Gasteiger partial charge in [-0.1, -0.05) is 0 Å². The third-order valence-corrected chi connectivity index (χ3v) is 2.07. The molecule has 0 saturated carbocycles. The normalized spacial score (nSPS) is 10.4. The number of halogens is 1. The molecule has 0 aliphatic heterocycles. The summed E-state index contributed by atoms with van der Waals surface area (Å²) < 4.78 is 14.2. The topological polar surface area (TPSA) is 43.8 Å². The van der Waals surface area contributed by atoms with Gasteiger partial charge in [0.25, 0.3) is 0 Å². The quantitative estimate of drug-likeness (QED) is 0.748. The molecule has 0 fully saturated rings. The Bertz CT molecular complexity index is 445. The highest BCUT2D eigenvalue weighted by molar-refractivity contribution is 5.46. The molecule has 0 unspecified atom stereocenters. The van der Waals surface area contributed by atoms with E-state index >= 15 is 0 Å². The van der Waals surface area contributed by atoms with Gasteiger partial charge in [-0.3, -0.25) is 0 Å². The Labute approximate surface area is 81.0 Å². The molecule has 0 spiro atoms. The molecule has 0 aliphatic carbocycles. The van der Waals surface area contributed by atoms with E-state index in [1.807, 2.05) is 6.92 Å². The van der Waals surface area contributed by atoms with Gasteiger partial charge in [0.1, 0.15) is 11.6 Å². The Kier molecular flexibility index (Phi) is 1.96. The molecule has 2 aromatic rings. The Morgan fingerprint density at radius 2 is 1.93 bits per heavy atom. The Morgan fingerprint density at radius 3 is 2.43 bits per heavy atom. The van der Waals surface area contributed by atoms with E-state index in [1.165, 1.54) is 12.1 Å². The number of aryl methyl sites for hydroxylation is 1. The smallest absolute Gasteiger partial charge is 0.130 e. The van der Waals surface area contributed by atoms with Gasteiger partial charge in [-0.05, 0) is 31.2 Å². The van der Waals surface area contributed by atoms with Gasteiger partial charge in [-0.15, -0.1) is 0 Å². The van der Waals surface area contributed by atoms with Crippen LogP contribution in [0.4, 0.5) is 10.2 Å². The van der Waals surface area contributed by atoms with Crippen LogP contribution in [0.2, 0.25) is 0 Å². The van der Waals surface area contributed by atoms with E-state index in [9.17, 15) is 4.39 Å². The Balaban J connectivity index is 2.49. The summed E-state index contributed by atoms with van der Waals surface area (Å²) in [6.45, 7) is 1.88. The van der Waals surface area contributed by atoms with Crippen LogP contribution in [-0.2, 0) is 0 Å². The van der Waals surface area contributed by atoms with Crippen LogP contribution >= 0.6 is 0 Å². The summed E-state index contributed by atoms with van der Waals surface area (Å²) >= 11 is 0. The summed E-state index contributed by atoms with van der Waals surface area (Å²) in [6.07, 6.45) is 1.68. The lowest BCUT2D eigenvalue weighted by molar-refractivity contribution is 0.627. The number of hydrogen-bond donors (Lipinski definition) is 1. The van der Waals surface area contributed by atoms with Crippen molar-refractivity contribution in [1.29, 1.82) is 0 Å². The van der Waals surface area contributed by atoms with Crippen molar-refractivity contribution in [1.82, 2.24) is 9.78 Å². The summed E-state index contributed by atoms with van der Waals surface area (Å²) in [5, 5.41) is 4.08. The van der Waals surface area contributed by atoms with Gasteiger partial charge in [0.05, 0.1) is 11.9 Å². The highest BCUT2D eigenvalue weighted by Crippen LogP contribution is 2.15. The lowest BCUT2D eigenvalue weighted by Crippen LogP contribution is -2.02. The van der Waals surface area contributed by atoms with Crippen LogP contribution in [0.15, 0.2) is 30.5 Å². The Morgan fingerprint density at radius 1 is 1.29 bits per heavy atom. The minimum atomic E-state index is -0.267. The van der Waals surface area contributed by atoms with Crippen LogP contribution < -0.4 is 5.73 Å². The van der Waals surface area contributed by atoms with Crippen molar-refractivity contribution in [2.45, 2.75) is 6.92 Å². The molecule has 72 valence electrons. The number of nitrogens with zero attached hydrogens (tertiary/aromatic N) is 2.